The Morgan fingerprint density at radius 1 is 0.727 bits per heavy atom. The molecule has 3 rings (SSSR count). The largest absolute Gasteiger partial charge is 0.176 e. The van der Waals surface area contributed by atoms with Crippen molar-refractivity contribution >= 4 is 12.6 Å². The first-order valence-corrected chi connectivity index (χ1v) is 9.82. The van der Waals surface area contributed by atoms with Gasteiger partial charge in [0.15, 0.2) is 0 Å². The van der Waals surface area contributed by atoms with E-state index in [2.05, 4.69) is 45.5 Å². The molecule has 0 radical (unpaired) electrons. The third-order valence-electron chi connectivity index (χ3n) is 6.60. The molecule has 2 aliphatic rings. The van der Waals surface area contributed by atoms with Crippen LogP contribution in [0.3, 0.4) is 0 Å². The molecule has 0 aliphatic heterocycles. The summed E-state index contributed by atoms with van der Waals surface area (Å²) in [6.45, 7) is 6.80. The topological polar surface area (TPSA) is 0 Å². The number of rotatable bonds is 2. The van der Waals surface area contributed by atoms with E-state index >= 15 is 0 Å². The van der Waals surface area contributed by atoms with Gasteiger partial charge in [-0.25, -0.2) is 0 Å². The van der Waals surface area contributed by atoms with E-state index in [9.17, 15) is 0 Å². The average Bonchev–Trinajstić information content (AvgIpc) is 2.53. The smallest absolute Gasteiger partial charge is 0.00170 e. The van der Waals surface area contributed by atoms with E-state index in [0.717, 1.165) is 17.8 Å². The minimum absolute atomic E-state index is 0.686. The highest BCUT2D eigenvalue weighted by Crippen LogP contribution is 2.43. The lowest BCUT2D eigenvalue weighted by Crippen LogP contribution is -2.25. The summed E-state index contributed by atoms with van der Waals surface area (Å²) in [5, 5.41) is 0.686. The first-order chi connectivity index (χ1) is 10.5. The predicted molar refractivity (Wildman–Crippen MR) is 100 cm³/mol. The van der Waals surface area contributed by atoms with E-state index in [0.29, 0.717) is 5.25 Å². The summed E-state index contributed by atoms with van der Waals surface area (Å²) in [6.07, 6.45) is 11.3. The lowest BCUT2D eigenvalue weighted by atomic mass is 9.69. The summed E-state index contributed by atoms with van der Waals surface area (Å²) in [4.78, 5) is 0. The highest BCUT2D eigenvalue weighted by Gasteiger charge is 2.30. The van der Waals surface area contributed by atoms with Gasteiger partial charge < -0.3 is 0 Å². The summed E-state index contributed by atoms with van der Waals surface area (Å²) in [7, 11) is 0. The van der Waals surface area contributed by atoms with Gasteiger partial charge >= 0.3 is 0 Å². The van der Waals surface area contributed by atoms with Gasteiger partial charge in [0.2, 0.25) is 0 Å². The van der Waals surface area contributed by atoms with Crippen molar-refractivity contribution in [1.82, 2.24) is 0 Å². The summed E-state index contributed by atoms with van der Waals surface area (Å²) >= 11 is 4.66. The van der Waals surface area contributed by atoms with Crippen LogP contribution < -0.4 is 0 Å². The average molecular weight is 317 g/mol. The molecule has 2 aliphatic carbocycles. The van der Waals surface area contributed by atoms with E-state index < -0.39 is 0 Å². The molecule has 1 heteroatoms. The zero-order valence-corrected chi connectivity index (χ0v) is 15.5. The number of hydrogen-bond donors (Lipinski definition) is 1. The molecule has 0 bridgehead atoms. The highest BCUT2D eigenvalue weighted by molar-refractivity contribution is 7.80. The van der Waals surface area contributed by atoms with Crippen LogP contribution in [0.5, 0.6) is 0 Å². The third-order valence-corrected chi connectivity index (χ3v) is 7.12. The second-order valence-electron chi connectivity index (χ2n) is 7.96. The fourth-order valence-corrected chi connectivity index (χ4v) is 5.10. The van der Waals surface area contributed by atoms with Crippen LogP contribution in [0.4, 0.5) is 0 Å². The van der Waals surface area contributed by atoms with E-state index in [1.807, 2.05) is 0 Å². The Bertz CT molecular complexity index is 480. The lowest BCUT2D eigenvalue weighted by molar-refractivity contribution is 0.188. The van der Waals surface area contributed by atoms with Gasteiger partial charge in [-0.1, -0.05) is 12.1 Å². The predicted octanol–water partition coefficient (Wildman–Crippen LogP) is 6.37. The second-order valence-corrected chi connectivity index (χ2v) is 8.69. The van der Waals surface area contributed by atoms with E-state index in [-0.39, 0.29) is 0 Å². The molecule has 1 aromatic rings. The van der Waals surface area contributed by atoms with Crippen LogP contribution >= 0.6 is 12.6 Å². The normalized spacial score (nSPS) is 32.9. The van der Waals surface area contributed by atoms with Crippen molar-refractivity contribution in [2.45, 2.75) is 83.3 Å². The Balaban J connectivity index is 1.60. The molecule has 0 saturated heterocycles. The molecule has 2 saturated carbocycles. The van der Waals surface area contributed by atoms with Gasteiger partial charge in [0.25, 0.3) is 0 Å². The summed E-state index contributed by atoms with van der Waals surface area (Å²) < 4.78 is 0. The van der Waals surface area contributed by atoms with Crippen molar-refractivity contribution in [3.8, 4) is 0 Å². The standard InChI is InChI=1S/C21H32S/c1-14-12-20(13-15(2)16(14)3)19-6-4-17(5-7-19)18-8-10-21(22)11-9-18/h12-13,17-19,21-22H,4-11H2,1-3H3. The quantitative estimate of drug-likeness (QED) is 0.602. The Labute approximate surface area is 142 Å². The molecule has 0 atom stereocenters. The molecule has 0 unspecified atom stereocenters. The Hall–Kier alpha value is -0.430. The molecule has 22 heavy (non-hydrogen) atoms. The van der Waals surface area contributed by atoms with Gasteiger partial charge in [0.1, 0.15) is 0 Å². The maximum absolute atomic E-state index is 4.66. The molecule has 0 N–H and O–H groups in total. The van der Waals surface area contributed by atoms with Crippen molar-refractivity contribution in [1.29, 1.82) is 0 Å². The van der Waals surface area contributed by atoms with E-state index in [1.165, 1.54) is 68.1 Å². The van der Waals surface area contributed by atoms with Gasteiger partial charge in [-0.05, 0) is 112 Å². The zero-order chi connectivity index (χ0) is 15.7. The summed E-state index contributed by atoms with van der Waals surface area (Å²) in [6, 6.07) is 4.92. The van der Waals surface area contributed by atoms with Crippen LogP contribution in [0.15, 0.2) is 12.1 Å². The minimum Gasteiger partial charge on any atom is -0.176 e. The molecule has 0 heterocycles. The van der Waals surface area contributed by atoms with Gasteiger partial charge in [0.05, 0.1) is 0 Å². The molecule has 0 amide bonds. The minimum atomic E-state index is 0.686. The van der Waals surface area contributed by atoms with Gasteiger partial charge in [0, 0.05) is 5.25 Å². The maximum atomic E-state index is 4.66. The molecule has 2 fully saturated rings. The fourth-order valence-electron chi connectivity index (χ4n) is 4.80. The van der Waals surface area contributed by atoms with Gasteiger partial charge in [-0.15, -0.1) is 0 Å². The summed E-state index contributed by atoms with van der Waals surface area (Å²) in [5.74, 6) is 2.83. The molecular formula is C21H32S. The first-order valence-electron chi connectivity index (χ1n) is 9.30. The van der Waals surface area contributed by atoms with Crippen LogP contribution in [-0.4, -0.2) is 5.25 Å². The summed E-state index contributed by atoms with van der Waals surface area (Å²) in [5.41, 5.74) is 6.03. The van der Waals surface area contributed by atoms with Crippen molar-refractivity contribution in [3.05, 3.63) is 34.4 Å². The van der Waals surface area contributed by atoms with E-state index in [4.69, 9.17) is 0 Å². The monoisotopic (exact) mass is 316 g/mol. The molecule has 1 aromatic carbocycles. The molecule has 122 valence electrons. The lowest BCUT2D eigenvalue weighted by Gasteiger charge is -2.37. The number of benzene rings is 1. The van der Waals surface area contributed by atoms with Crippen molar-refractivity contribution < 1.29 is 0 Å². The van der Waals surface area contributed by atoms with Gasteiger partial charge in [-0.3, -0.25) is 0 Å². The van der Waals surface area contributed by atoms with E-state index in [1.54, 1.807) is 5.56 Å². The van der Waals surface area contributed by atoms with Crippen LogP contribution in [0.25, 0.3) is 0 Å². The third kappa shape index (κ3) is 3.55. The van der Waals surface area contributed by atoms with Crippen molar-refractivity contribution in [3.63, 3.8) is 0 Å². The molecule has 0 nitrogen and oxygen atoms in total. The van der Waals surface area contributed by atoms with Gasteiger partial charge in [-0.2, -0.15) is 12.6 Å². The zero-order valence-electron chi connectivity index (χ0n) is 14.6. The maximum Gasteiger partial charge on any atom is 0.00170 e. The Morgan fingerprint density at radius 3 is 1.68 bits per heavy atom. The van der Waals surface area contributed by atoms with Crippen LogP contribution in [0.2, 0.25) is 0 Å². The molecular weight excluding hydrogens is 284 g/mol. The Morgan fingerprint density at radius 2 is 1.18 bits per heavy atom. The highest BCUT2D eigenvalue weighted by atomic mass is 32.1. The SMILES string of the molecule is Cc1cc(C2CCC(C3CCC(S)CC3)CC2)cc(C)c1C. The number of aryl methyl sites for hydroxylation is 2. The van der Waals surface area contributed by atoms with Crippen molar-refractivity contribution in [2.24, 2.45) is 11.8 Å². The molecule has 0 aromatic heterocycles. The van der Waals surface area contributed by atoms with Crippen molar-refractivity contribution in [2.75, 3.05) is 0 Å². The van der Waals surface area contributed by atoms with Crippen LogP contribution in [-0.2, 0) is 0 Å². The Kier molecular flexibility index (Phi) is 5.22. The van der Waals surface area contributed by atoms with Crippen LogP contribution in [0.1, 0.15) is 79.5 Å². The fraction of sp³-hybridized carbons (Fsp3) is 0.714. The van der Waals surface area contributed by atoms with Crippen LogP contribution in [0, 0.1) is 32.6 Å². The second kappa shape index (κ2) is 6.99. The molecule has 0 spiro atoms. The number of thiol groups is 1. The number of hydrogen-bond acceptors (Lipinski definition) is 1. The first kappa shape index (κ1) is 16.4.